The van der Waals surface area contributed by atoms with Crippen LogP contribution in [0.25, 0.3) is 5.57 Å². The first kappa shape index (κ1) is 22.6. The number of anilines is 1. The Bertz CT molecular complexity index is 1170. The Balaban J connectivity index is 1.64. The zero-order chi connectivity index (χ0) is 23.2. The van der Waals surface area contributed by atoms with Gasteiger partial charge in [0.05, 0.1) is 12.2 Å². The summed E-state index contributed by atoms with van der Waals surface area (Å²) < 4.78 is 5.71. The second-order valence-corrected chi connectivity index (χ2v) is 8.19. The van der Waals surface area contributed by atoms with Crippen molar-refractivity contribution in [2.75, 3.05) is 18.5 Å². The zero-order valence-electron chi connectivity index (χ0n) is 18.4. The predicted octanol–water partition coefficient (Wildman–Crippen LogP) is 5.56. The van der Waals surface area contributed by atoms with Crippen molar-refractivity contribution in [3.63, 3.8) is 0 Å². The molecule has 1 N–H and O–H groups in total. The number of imide groups is 1. The summed E-state index contributed by atoms with van der Waals surface area (Å²) in [4.78, 5) is 28.1. The van der Waals surface area contributed by atoms with E-state index >= 15 is 0 Å². The van der Waals surface area contributed by atoms with Crippen LogP contribution in [-0.4, -0.2) is 29.9 Å². The molecule has 6 heteroatoms. The maximum atomic E-state index is 13.4. The smallest absolute Gasteiger partial charge is 0.278 e. The molecule has 168 valence electrons. The highest BCUT2D eigenvalue weighted by atomic mass is 35.5. The molecule has 0 spiro atoms. The van der Waals surface area contributed by atoms with E-state index in [1.54, 1.807) is 24.3 Å². The van der Waals surface area contributed by atoms with Gasteiger partial charge in [-0.3, -0.25) is 14.5 Å². The third kappa shape index (κ3) is 5.26. The van der Waals surface area contributed by atoms with Crippen molar-refractivity contribution in [2.24, 2.45) is 0 Å². The van der Waals surface area contributed by atoms with Gasteiger partial charge in [-0.25, -0.2) is 0 Å². The first-order chi connectivity index (χ1) is 16.1. The molecule has 0 saturated carbocycles. The highest BCUT2D eigenvalue weighted by Gasteiger charge is 2.39. The lowest BCUT2D eigenvalue weighted by Crippen LogP contribution is -2.34. The van der Waals surface area contributed by atoms with Crippen molar-refractivity contribution in [3.05, 3.63) is 101 Å². The lowest BCUT2D eigenvalue weighted by molar-refractivity contribution is -0.136. The molecule has 1 heterocycles. The van der Waals surface area contributed by atoms with Crippen LogP contribution in [0.1, 0.15) is 24.5 Å². The molecule has 3 aromatic rings. The summed E-state index contributed by atoms with van der Waals surface area (Å²) in [6.07, 6.45) is 1.48. The lowest BCUT2D eigenvalue weighted by Gasteiger charge is -2.15. The minimum absolute atomic E-state index is 0.253. The van der Waals surface area contributed by atoms with Gasteiger partial charge in [-0.2, -0.15) is 0 Å². The number of amides is 2. The maximum Gasteiger partial charge on any atom is 0.278 e. The quantitative estimate of drug-likeness (QED) is 0.424. The van der Waals surface area contributed by atoms with E-state index in [0.717, 1.165) is 12.0 Å². The summed E-state index contributed by atoms with van der Waals surface area (Å²) in [5.41, 5.74) is 2.97. The van der Waals surface area contributed by atoms with Crippen LogP contribution in [0.5, 0.6) is 5.75 Å². The van der Waals surface area contributed by atoms with Crippen LogP contribution in [0.2, 0.25) is 5.02 Å². The fourth-order valence-electron chi connectivity index (χ4n) is 3.69. The van der Waals surface area contributed by atoms with Crippen molar-refractivity contribution in [1.29, 1.82) is 0 Å². The summed E-state index contributed by atoms with van der Waals surface area (Å²) in [6, 6.07) is 24.1. The molecule has 1 aliphatic rings. The second-order valence-electron chi connectivity index (χ2n) is 7.76. The number of carbonyl (C=O) groups is 2. The largest absolute Gasteiger partial charge is 0.494 e. The van der Waals surface area contributed by atoms with Crippen LogP contribution >= 0.6 is 11.6 Å². The molecule has 0 fully saturated rings. The third-order valence-electron chi connectivity index (χ3n) is 5.34. The Morgan fingerprint density at radius 1 is 0.909 bits per heavy atom. The number of hydrogen-bond acceptors (Lipinski definition) is 4. The highest BCUT2D eigenvalue weighted by Crippen LogP contribution is 2.32. The van der Waals surface area contributed by atoms with Gasteiger partial charge in [0.15, 0.2) is 0 Å². The number of nitrogens with zero attached hydrogens (tertiary/aromatic N) is 1. The van der Waals surface area contributed by atoms with E-state index < -0.39 is 0 Å². The molecule has 0 aliphatic carbocycles. The topological polar surface area (TPSA) is 58.6 Å². The summed E-state index contributed by atoms with van der Waals surface area (Å²) in [6.45, 7) is 2.94. The Hall–Kier alpha value is -3.57. The average Bonchev–Trinajstić information content (AvgIpc) is 3.06. The van der Waals surface area contributed by atoms with Crippen LogP contribution in [-0.2, 0) is 16.0 Å². The molecule has 0 bridgehead atoms. The Labute approximate surface area is 198 Å². The molecule has 0 saturated heterocycles. The molecule has 4 rings (SSSR count). The molecule has 0 unspecified atom stereocenters. The van der Waals surface area contributed by atoms with Crippen LogP contribution < -0.4 is 10.1 Å². The minimum Gasteiger partial charge on any atom is -0.494 e. The monoisotopic (exact) mass is 460 g/mol. The minimum atomic E-state index is -0.347. The summed E-state index contributed by atoms with van der Waals surface area (Å²) in [7, 11) is 0. The summed E-state index contributed by atoms with van der Waals surface area (Å²) in [5.74, 6) is 0.0353. The van der Waals surface area contributed by atoms with Gasteiger partial charge in [-0.05, 0) is 48.2 Å². The number of benzene rings is 3. The van der Waals surface area contributed by atoms with Crippen molar-refractivity contribution in [1.82, 2.24) is 4.90 Å². The van der Waals surface area contributed by atoms with E-state index in [2.05, 4.69) is 5.32 Å². The molecule has 0 aromatic heterocycles. The number of carbonyl (C=O) groups excluding carboxylic acids is 2. The number of ether oxygens (including phenoxy) is 1. The summed E-state index contributed by atoms with van der Waals surface area (Å²) >= 11 is 6.05. The Morgan fingerprint density at radius 2 is 1.67 bits per heavy atom. The first-order valence-corrected chi connectivity index (χ1v) is 11.3. The van der Waals surface area contributed by atoms with E-state index in [4.69, 9.17) is 16.3 Å². The van der Waals surface area contributed by atoms with Crippen LogP contribution in [0.15, 0.2) is 84.6 Å². The van der Waals surface area contributed by atoms with Crippen molar-refractivity contribution >= 4 is 34.7 Å². The normalized spacial score (nSPS) is 13.6. The number of nitrogens with one attached hydrogen (secondary N) is 1. The molecular weight excluding hydrogens is 436 g/mol. The molecular formula is C27H25ClN2O3. The highest BCUT2D eigenvalue weighted by molar-refractivity contribution is 6.36. The maximum absolute atomic E-state index is 13.4. The van der Waals surface area contributed by atoms with Crippen molar-refractivity contribution in [2.45, 2.75) is 19.8 Å². The van der Waals surface area contributed by atoms with E-state index in [-0.39, 0.29) is 17.5 Å². The lowest BCUT2D eigenvalue weighted by atomic mass is 10.0. The Morgan fingerprint density at radius 3 is 2.39 bits per heavy atom. The summed E-state index contributed by atoms with van der Waals surface area (Å²) in [5, 5.41) is 3.75. The molecule has 1 aliphatic heterocycles. The fourth-order valence-corrected chi connectivity index (χ4v) is 3.82. The second kappa shape index (κ2) is 10.4. The third-order valence-corrected chi connectivity index (χ3v) is 5.60. The first-order valence-electron chi connectivity index (χ1n) is 11.0. The standard InChI is InChI=1S/C27H25ClN2O3/c1-2-17-33-23-10-6-9-22(18-23)29-25-24(20-11-13-21(28)14-12-20)26(31)30(27(25)32)16-15-19-7-4-3-5-8-19/h3-14,18,29H,2,15-17H2,1H3. The van der Waals surface area contributed by atoms with E-state index in [9.17, 15) is 9.59 Å². The molecule has 5 nitrogen and oxygen atoms in total. The van der Waals surface area contributed by atoms with Gasteiger partial charge < -0.3 is 10.1 Å². The predicted molar refractivity (Wildman–Crippen MR) is 131 cm³/mol. The van der Waals surface area contributed by atoms with Crippen molar-refractivity contribution in [3.8, 4) is 5.75 Å². The zero-order valence-corrected chi connectivity index (χ0v) is 19.1. The molecule has 0 radical (unpaired) electrons. The van der Waals surface area contributed by atoms with Gasteiger partial charge in [0, 0.05) is 23.3 Å². The van der Waals surface area contributed by atoms with Gasteiger partial charge >= 0.3 is 0 Å². The van der Waals surface area contributed by atoms with E-state index in [1.807, 2.05) is 61.5 Å². The van der Waals surface area contributed by atoms with Crippen LogP contribution in [0, 0.1) is 0 Å². The number of halogens is 1. The van der Waals surface area contributed by atoms with Crippen LogP contribution in [0.4, 0.5) is 5.69 Å². The van der Waals surface area contributed by atoms with Crippen molar-refractivity contribution < 1.29 is 14.3 Å². The molecule has 33 heavy (non-hydrogen) atoms. The molecule has 0 atom stereocenters. The molecule has 2 amide bonds. The Kier molecular flexibility index (Phi) is 7.10. The fraction of sp³-hybridized carbons (Fsp3) is 0.185. The SMILES string of the molecule is CCCOc1cccc(NC2=C(c3ccc(Cl)cc3)C(=O)N(CCc3ccccc3)C2=O)c1. The number of rotatable bonds is 9. The van der Waals surface area contributed by atoms with Gasteiger partial charge in [0.25, 0.3) is 11.8 Å². The molecule has 3 aromatic carbocycles. The van der Waals surface area contributed by atoms with E-state index in [0.29, 0.717) is 47.2 Å². The van der Waals surface area contributed by atoms with Gasteiger partial charge in [-0.1, -0.05) is 67.1 Å². The van der Waals surface area contributed by atoms with Gasteiger partial charge in [0.2, 0.25) is 0 Å². The average molecular weight is 461 g/mol. The van der Waals surface area contributed by atoms with E-state index in [1.165, 1.54) is 4.90 Å². The van der Waals surface area contributed by atoms with Crippen LogP contribution in [0.3, 0.4) is 0 Å². The van der Waals surface area contributed by atoms with Gasteiger partial charge in [0.1, 0.15) is 11.4 Å². The van der Waals surface area contributed by atoms with Gasteiger partial charge in [-0.15, -0.1) is 0 Å². The number of hydrogen-bond donors (Lipinski definition) is 1.